The summed E-state index contributed by atoms with van der Waals surface area (Å²) < 4.78 is 0. The van der Waals surface area contributed by atoms with Gasteiger partial charge in [0.1, 0.15) is 0 Å². The average molecular weight is 261 g/mol. The molecule has 106 valence electrons. The standard InChI is InChI=1S/C17H27NO/c1-12-5-7-13(8-6-12)15(18)17(4)10-14(19)9-16(2,3)11-17/h5-8,14-15,19H,9-11,18H2,1-4H3. The number of aliphatic hydroxyl groups excluding tert-OH is 1. The molecular formula is C17H27NO. The van der Waals surface area contributed by atoms with Crippen LogP contribution in [0.5, 0.6) is 0 Å². The molecule has 1 aliphatic rings. The second-order valence-corrected chi connectivity index (χ2v) is 7.45. The van der Waals surface area contributed by atoms with Crippen LogP contribution in [0.25, 0.3) is 0 Å². The molecule has 0 saturated heterocycles. The largest absolute Gasteiger partial charge is 0.393 e. The van der Waals surface area contributed by atoms with Crippen LogP contribution in [0.4, 0.5) is 0 Å². The van der Waals surface area contributed by atoms with E-state index in [1.807, 2.05) is 0 Å². The highest BCUT2D eigenvalue weighted by atomic mass is 16.3. The Morgan fingerprint density at radius 2 is 1.74 bits per heavy atom. The second-order valence-electron chi connectivity index (χ2n) is 7.45. The van der Waals surface area contributed by atoms with E-state index in [2.05, 4.69) is 52.0 Å². The number of aryl methyl sites for hydroxylation is 1. The molecular weight excluding hydrogens is 234 g/mol. The summed E-state index contributed by atoms with van der Waals surface area (Å²) in [6.07, 6.45) is 2.51. The number of hydrogen-bond acceptors (Lipinski definition) is 2. The molecule has 1 aromatic rings. The van der Waals surface area contributed by atoms with Crippen molar-refractivity contribution in [1.29, 1.82) is 0 Å². The van der Waals surface area contributed by atoms with Gasteiger partial charge in [0, 0.05) is 6.04 Å². The molecule has 0 spiro atoms. The summed E-state index contributed by atoms with van der Waals surface area (Å²) in [5.41, 5.74) is 9.09. The van der Waals surface area contributed by atoms with Crippen LogP contribution in [0.15, 0.2) is 24.3 Å². The number of benzene rings is 1. The summed E-state index contributed by atoms with van der Waals surface area (Å²) in [7, 11) is 0. The monoisotopic (exact) mass is 261 g/mol. The summed E-state index contributed by atoms with van der Waals surface area (Å²) in [6, 6.07) is 8.46. The molecule has 1 fully saturated rings. The summed E-state index contributed by atoms with van der Waals surface area (Å²) >= 11 is 0. The van der Waals surface area contributed by atoms with Gasteiger partial charge in [0.2, 0.25) is 0 Å². The first-order valence-electron chi connectivity index (χ1n) is 7.22. The predicted molar refractivity (Wildman–Crippen MR) is 79.9 cm³/mol. The molecule has 19 heavy (non-hydrogen) atoms. The Kier molecular flexibility index (Phi) is 3.76. The van der Waals surface area contributed by atoms with Gasteiger partial charge in [0.15, 0.2) is 0 Å². The van der Waals surface area contributed by atoms with Gasteiger partial charge >= 0.3 is 0 Å². The van der Waals surface area contributed by atoms with Crippen molar-refractivity contribution in [2.45, 2.75) is 59.1 Å². The molecule has 2 heteroatoms. The van der Waals surface area contributed by atoms with Gasteiger partial charge in [-0.05, 0) is 42.6 Å². The molecule has 3 unspecified atom stereocenters. The van der Waals surface area contributed by atoms with Crippen molar-refractivity contribution in [3.63, 3.8) is 0 Å². The maximum atomic E-state index is 10.2. The Morgan fingerprint density at radius 3 is 2.26 bits per heavy atom. The predicted octanol–water partition coefficient (Wildman–Crippen LogP) is 3.57. The number of nitrogens with two attached hydrogens (primary N) is 1. The molecule has 0 bridgehead atoms. The lowest BCUT2D eigenvalue weighted by Crippen LogP contribution is -2.44. The molecule has 0 amide bonds. The highest BCUT2D eigenvalue weighted by molar-refractivity contribution is 5.25. The van der Waals surface area contributed by atoms with Crippen molar-refractivity contribution in [1.82, 2.24) is 0 Å². The van der Waals surface area contributed by atoms with Gasteiger partial charge in [0.25, 0.3) is 0 Å². The van der Waals surface area contributed by atoms with Gasteiger partial charge in [-0.3, -0.25) is 0 Å². The summed E-state index contributed by atoms with van der Waals surface area (Å²) in [4.78, 5) is 0. The van der Waals surface area contributed by atoms with Gasteiger partial charge < -0.3 is 10.8 Å². The summed E-state index contributed by atoms with van der Waals surface area (Å²) in [6.45, 7) is 8.77. The Labute approximate surface area is 117 Å². The van der Waals surface area contributed by atoms with Crippen LogP contribution >= 0.6 is 0 Å². The quantitative estimate of drug-likeness (QED) is 0.855. The van der Waals surface area contributed by atoms with Gasteiger partial charge in [0.05, 0.1) is 6.10 Å². The first-order chi connectivity index (χ1) is 8.72. The van der Waals surface area contributed by atoms with Gasteiger partial charge in [-0.2, -0.15) is 0 Å². The van der Waals surface area contributed by atoms with E-state index < -0.39 is 0 Å². The van der Waals surface area contributed by atoms with Crippen LogP contribution in [0.1, 0.15) is 57.2 Å². The first-order valence-corrected chi connectivity index (χ1v) is 7.22. The fourth-order valence-corrected chi connectivity index (χ4v) is 3.90. The molecule has 2 nitrogen and oxygen atoms in total. The lowest BCUT2D eigenvalue weighted by Gasteiger charge is -2.48. The van der Waals surface area contributed by atoms with Crippen LogP contribution in [-0.2, 0) is 0 Å². The molecule has 0 heterocycles. The minimum Gasteiger partial charge on any atom is -0.393 e. The molecule has 0 aliphatic heterocycles. The summed E-state index contributed by atoms with van der Waals surface area (Å²) in [5, 5.41) is 10.2. The Balaban J connectivity index is 2.25. The number of rotatable bonds is 2. The zero-order valence-electron chi connectivity index (χ0n) is 12.6. The minimum atomic E-state index is -0.231. The third-order valence-electron chi connectivity index (χ3n) is 4.56. The number of hydrogen-bond donors (Lipinski definition) is 2. The highest BCUT2D eigenvalue weighted by Crippen LogP contribution is 2.51. The molecule has 3 N–H and O–H groups in total. The molecule has 0 radical (unpaired) electrons. The normalized spacial score (nSPS) is 32.0. The van der Waals surface area contributed by atoms with E-state index in [4.69, 9.17) is 5.73 Å². The molecule has 1 aliphatic carbocycles. The second kappa shape index (κ2) is 4.92. The third kappa shape index (κ3) is 3.18. The fraction of sp³-hybridized carbons (Fsp3) is 0.647. The average Bonchev–Trinajstić information content (AvgIpc) is 2.25. The fourth-order valence-electron chi connectivity index (χ4n) is 3.90. The van der Waals surface area contributed by atoms with Gasteiger partial charge in [-0.1, -0.05) is 50.6 Å². The molecule has 2 rings (SSSR count). The lowest BCUT2D eigenvalue weighted by molar-refractivity contribution is -0.0218. The summed E-state index contributed by atoms with van der Waals surface area (Å²) in [5.74, 6) is 0. The van der Waals surface area contributed by atoms with E-state index in [1.165, 1.54) is 11.1 Å². The smallest absolute Gasteiger partial charge is 0.0551 e. The Bertz CT molecular complexity index is 437. The molecule has 3 atom stereocenters. The van der Waals surface area contributed by atoms with Crippen molar-refractivity contribution in [2.24, 2.45) is 16.6 Å². The maximum absolute atomic E-state index is 10.2. The highest BCUT2D eigenvalue weighted by Gasteiger charge is 2.44. The van der Waals surface area contributed by atoms with E-state index >= 15 is 0 Å². The molecule has 0 aromatic heterocycles. The molecule has 1 saturated carbocycles. The van der Waals surface area contributed by atoms with Crippen molar-refractivity contribution in [2.75, 3.05) is 0 Å². The van der Waals surface area contributed by atoms with Crippen LogP contribution in [0.2, 0.25) is 0 Å². The third-order valence-corrected chi connectivity index (χ3v) is 4.56. The number of aliphatic hydroxyl groups is 1. The van der Waals surface area contributed by atoms with E-state index in [9.17, 15) is 5.11 Å². The lowest BCUT2D eigenvalue weighted by atomic mass is 9.60. The van der Waals surface area contributed by atoms with E-state index in [0.717, 1.165) is 19.3 Å². The first kappa shape index (κ1) is 14.5. The van der Waals surface area contributed by atoms with Crippen LogP contribution in [-0.4, -0.2) is 11.2 Å². The van der Waals surface area contributed by atoms with Crippen molar-refractivity contribution < 1.29 is 5.11 Å². The van der Waals surface area contributed by atoms with E-state index in [-0.39, 0.29) is 23.0 Å². The van der Waals surface area contributed by atoms with E-state index in [1.54, 1.807) is 0 Å². The SMILES string of the molecule is Cc1ccc(C(N)C2(C)CC(O)CC(C)(C)C2)cc1. The maximum Gasteiger partial charge on any atom is 0.0551 e. The topological polar surface area (TPSA) is 46.2 Å². The Hall–Kier alpha value is -0.860. The minimum absolute atomic E-state index is 0.0117. The van der Waals surface area contributed by atoms with E-state index in [0.29, 0.717) is 0 Å². The van der Waals surface area contributed by atoms with Crippen LogP contribution in [0, 0.1) is 17.8 Å². The van der Waals surface area contributed by atoms with Crippen molar-refractivity contribution >= 4 is 0 Å². The van der Waals surface area contributed by atoms with Gasteiger partial charge in [-0.25, -0.2) is 0 Å². The van der Waals surface area contributed by atoms with Gasteiger partial charge in [-0.15, -0.1) is 0 Å². The van der Waals surface area contributed by atoms with Crippen molar-refractivity contribution in [3.05, 3.63) is 35.4 Å². The van der Waals surface area contributed by atoms with Crippen LogP contribution < -0.4 is 5.73 Å². The Morgan fingerprint density at radius 1 is 1.16 bits per heavy atom. The van der Waals surface area contributed by atoms with Crippen LogP contribution in [0.3, 0.4) is 0 Å². The zero-order chi connectivity index (χ0) is 14.3. The zero-order valence-corrected chi connectivity index (χ0v) is 12.6. The van der Waals surface area contributed by atoms with Crippen molar-refractivity contribution in [3.8, 4) is 0 Å². The molecule has 1 aromatic carbocycles.